The van der Waals surface area contributed by atoms with Gasteiger partial charge in [0.15, 0.2) is 17.4 Å². The highest BCUT2D eigenvalue weighted by atomic mass is 19.2. The molecule has 1 heterocycles. The van der Waals surface area contributed by atoms with E-state index in [0.717, 1.165) is 18.2 Å². The molecule has 0 bridgehead atoms. The van der Waals surface area contributed by atoms with Crippen molar-refractivity contribution < 1.29 is 27.9 Å². The molecule has 0 aliphatic heterocycles. The highest BCUT2D eigenvalue weighted by Crippen LogP contribution is 2.10. The summed E-state index contributed by atoms with van der Waals surface area (Å²) in [6.07, 6.45) is 0. The van der Waals surface area contributed by atoms with Crippen LogP contribution in [-0.2, 0) is 6.54 Å². The molecule has 20 heavy (non-hydrogen) atoms. The minimum atomic E-state index is -1.29. The molecule has 0 atom stereocenters. The monoisotopic (exact) mass is 281 g/mol. The van der Waals surface area contributed by atoms with E-state index in [2.05, 4.69) is 5.32 Å². The van der Waals surface area contributed by atoms with Gasteiger partial charge < -0.3 is 14.8 Å². The lowest BCUT2D eigenvalue weighted by Gasteiger charge is -2.04. The van der Waals surface area contributed by atoms with Gasteiger partial charge in [-0.05, 0) is 29.8 Å². The number of amides is 1. The molecule has 0 unspecified atom stereocenters. The number of carbonyl (C=O) groups excluding carboxylic acids is 1. The summed E-state index contributed by atoms with van der Waals surface area (Å²) < 4.78 is 30.4. The lowest BCUT2D eigenvalue weighted by Crippen LogP contribution is -2.22. The molecule has 2 aromatic rings. The molecular weight excluding hydrogens is 272 g/mol. The molecule has 2 rings (SSSR count). The Labute approximate surface area is 111 Å². The Kier molecular flexibility index (Phi) is 3.79. The topological polar surface area (TPSA) is 79.5 Å². The molecule has 7 heteroatoms. The number of furan rings is 1. The van der Waals surface area contributed by atoms with Crippen molar-refractivity contribution in [2.45, 2.75) is 6.54 Å². The molecule has 0 aliphatic rings. The average molecular weight is 281 g/mol. The van der Waals surface area contributed by atoms with Crippen LogP contribution in [0, 0.1) is 11.6 Å². The number of rotatable bonds is 4. The zero-order chi connectivity index (χ0) is 14.7. The minimum Gasteiger partial charge on any atom is -0.475 e. The van der Waals surface area contributed by atoms with Crippen LogP contribution in [-0.4, -0.2) is 17.0 Å². The van der Waals surface area contributed by atoms with Gasteiger partial charge in [0, 0.05) is 6.54 Å². The van der Waals surface area contributed by atoms with Crippen molar-refractivity contribution in [1.82, 2.24) is 5.32 Å². The van der Waals surface area contributed by atoms with Crippen molar-refractivity contribution in [1.29, 1.82) is 0 Å². The predicted octanol–water partition coefficient (Wildman–Crippen LogP) is 2.19. The van der Waals surface area contributed by atoms with Gasteiger partial charge in [-0.15, -0.1) is 0 Å². The maximum Gasteiger partial charge on any atom is 0.371 e. The van der Waals surface area contributed by atoms with Crippen molar-refractivity contribution in [3.63, 3.8) is 0 Å². The molecule has 0 radical (unpaired) electrons. The lowest BCUT2D eigenvalue weighted by molar-refractivity contribution is 0.0659. The Morgan fingerprint density at radius 1 is 1.10 bits per heavy atom. The SMILES string of the molecule is O=C(O)c1ccc(C(=O)NCc2ccc(F)c(F)c2)o1. The Balaban J connectivity index is 2.00. The molecule has 1 aromatic carbocycles. The number of hydrogen-bond acceptors (Lipinski definition) is 3. The van der Waals surface area contributed by atoms with E-state index < -0.39 is 23.5 Å². The summed E-state index contributed by atoms with van der Waals surface area (Å²) in [5, 5.41) is 11.0. The van der Waals surface area contributed by atoms with Crippen LogP contribution in [0.4, 0.5) is 8.78 Å². The smallest absolute Gasteiger partial charge is 0.371 e. The van der Waals surface area contributed by atoms with Crippen molar-refractivity contribution in [3.05, 3.63) is 59.1 Å². The van der Waals surface area contributed by atoms with Crippen LogP contribution in [0.3, 0.4) is 0 Å². The van der Waals surface area contributed by atoms with E-state index in [0.29, 0.717) is 5.56 Å². The van der Waals surface area contributed by atoms with Gasteiger partial charge >= 0.3 is 5.97 Å². The zero-order valence-corrected chi connectivity index (χ0v) is 10.0. The van der Waals surface area contributed by atoms with E-state index in [1.54, 1.807) is 0 Å². The van der Waals surface area contributed by atoms with E-state index in [4.69, 9.17) is 9.52 Å². The van der Waals surface area contributed by atoms with Crippen molar-refractivity contribution >= 4 is 11.9 Å². The number of carbonyl (C=O) groups is 2. The summed E-state index contributed by atoms with van der Waals surface area (Å²) in [5.41, 5.74) is 0.363. The molecule has 0 aliphatic carbocycles. The second-order valence-corrected chi connectivity index (χ2v) is 3.90. The Morgan fingerprint density at radius 3 is 2.40 bits per heavy atom. The molecule has 1 aromatic heterocycles. The summed E-state index contributed by atoms with van der Waals surface area (Å²) in [7, 11) is 0. The first-order valence-electron chi connectivity index (χ1n) is 5.52. The molecular formula is C13H9F2NO4. The third-order valence-corrected chi connectivity index (χ3v) is 2.48. The summed E-state index contributed by atoms with van der Waals surface area (Å²) in [4.78, 5) is 22.2. The van der Waals surface area contributed by atoms with E-state index in [-0.39, 0.29) is 18.1 Å². The minimum absolute atomic E-state index is 0.0425. The highest BCUT2D eigenvalue weighted by Gasteiger charge is 2.14. The van der Waals surface area contributed by atoms with Gasteiger partial charge in [-0.2, -0.15) is 0 Å². The molecule has 0 fully saturated rings. The van der Waals surface area contributed by atoms with Gasteiger partial charge in [-0.1, -0.05) is 6.07 Å². The number of halogens is 2. The second kappa shape index (κ2) is 5.52. The average Bonchev–Trinajstić information content (AvgIpc) is 2.89. The number of hydrogen-bond donors (Lipinski definition) is 2. The molecule has 104 valence electrons. The Hall–Kier alpha value is -2.70. The molecule has 0 saturated carbocycles. The van der Waals surface area contributed by atoms with Crippen LogP contribution in [0.1, 0.15) is 26.7 Å². The fraction of sp³-hybridized carbons (Fsp3) is 0.0769. The fourth-order valence-corrected chi connectivity index (χ4v) is 1.49. The van der Waals surface area contributed by atoms with E-state index >= 15 is 0 Å². The number of aromatic carboxylic acids is 1. The fourth-order valence-electron chi connectivity index (χ4n) is 1.49. The summed E-state index contributed by atoms with van der Waals surface area (Å²) in [5.74, 6) is -4.46. The lowest BCUT2D eigenvalue weighted by atomic mass is 10.2. The Bertz CT molecular complexity index is 666. The quantitative estimate of drug-likeness (QED) is 0.900. The van der Waals surface area contributed by atoms with Crippen molar-refractivity contribution in [2.75, 3.05) is 0 Å². The van der Waals surface area contributed by atoms with Gasteiger partial charge in [0.1, 0.15) is 0 Å². The van der Waals surface area contributed by atoms with Crippen LogP contribution in [0.15, 0.2) is 34.7 Å². The maximum atomic E-state index is 12.9. The van der Waals surface area contributed by atoms with E-state index in [1.807, 2.05) is 0 Å². The van der Waals surface area contributed by atoms with Crippen LogP contribution in [0.5, 0.6) is 0 Å². The molecule has 2 N–H and O–H groups in total. The third-order valence-electron chi connectivity index (χ3n) is 2.48. The molecule has 1 amide bonds. The standard InChI is InChI=1S/C13H9F2NO4/c14-8-2-1-7(5-9(8)15)6-16-12(17)10-3-4-11(20-10)13(18)19/h1-5H,6H2,(H,16,17)(H,18,19). The van der Waals surface area contributed by atoms with Crippen molar-refractivity contribution in [2.24, 2.45) is 0 Å². The van der Waals surface area contributed by atoms with E-state index in [9.17, 15) is 18.4 Å². The maximum absolute atomic E-state index is 12.9. The first-order chi connectivity index (χ1) is 9.47. The number of nitrogens with one attached hydrogen (secondary N) is 1. The van der Waals surface area contributed by atoms with Crippen molar-refractivity contribution in [3.8, 4) is 0 Å². The highest BCUT2D eigenvalue weighted by molar-refractivity contribution is 5.93. The molecule has 0 spiro atoms. The Morgan fingerprint density at radius 2 is 1.80 bits per heavy atom. The van der Waals surface area contributed by atoms with E-state index in [1.165, 1.54) is 12.1 Å². The van der Waals surface area contributed by atoms with Gasteiger partial charge in [-0.3, -0.25) is 4.79 Å². The normalized spacial score (nSPS) is 10.3. The number of carboxylic acid groups (broad SMARTS) is 1. The number of carboxylic acids is 1. The van der Waals surface area contributed by atoms with Crippen LogP contribution in [0.2, 0.25) is 0 Å². The van der Waals surface area contributed by atoms with Gasteiger partial charge in [-0.25, -0.2) is 13.6 Å². The molecule has 5 nitrogen and oxygen atoms in total. The van der Waals surface area contributed by atoms with Gasteiger partial charge in [0.2, 0.25) is 5.76 Å². The van der Waals surface area contributed by atoms with Crippen LogP contribution >= 0.6 is 0 Å². The summed E-state index contributed by atoms with van der Waals surface area (Å²) >= 11 is 0. The third kappa shape index (κ3) is 3.00. The number of benzene rings is 1. The first-order valence-corrected chi connectivity index (χ1v) is 5.52. The summed E-state index contributed by atoms with van der Waals surface area (Å²) in [6, 6.07) is 5.59. The van der Waals surface area contributed by atoms with Gasteiger partial charge in [0.25, 0.3) is 5.91 Å². The van der Waals surface area contributed by atoms with Gasteiger partial charge in [0.05, 0.1) is 0 Å². The summed E-state index contributed by atoms with van der Waals surface area (Å²) in [6.45, 7) is -0.0425. The van der Waals surface area contributed by atoms with Crippen LogP contribution < -0.4 is 5.32 Å². The second-order valence-electron chi connectivity index (χ2n) is 3.90. The first kappa shape index (κ1) is 13.7. The van der Waals surface area contributed by atoms with Crippen LogP contribution in [0.25, 0.3) is 0 Å². The zero-order valence-electron chi connectivity index (χ0n) is 10.0. The molecule has 0 saturated heterocycles. The largest absolute Gasteiger partial charge is 0.475 e. The predicted molar refractivity (Wildman–Crippen MR) is 63.2 cm³/mol.